The van der Waals surface area contributed by atoms with E-state index in [0.29, 0.717) is 13.0 Å². The average molecular weight is 420 g/mol. The quantitative estimate of drug-likeness (QED) is 0.370. The highest BCUT2D eigenvalue weighted by molar-refractivity contribution is 7.99. The molecule has 0 aliphatic carbocycles. The number of unbranched alkanes of at least 4 members (excludes halogenated alkanes) is 1. The van der Waals surface area contributed by atoms with Gasteiger partial charge in [-0.25, -0.2) is 8.42 Å². The molecule has 1 atom stereocenters. The third-order valence-electron chi connectivity index (χ3n) is 5.15. The van der Waals surface area contributed by atoms with E-state index in [1.165, 1.54) is 17.7 Å². The van der Waals surface area contributed by atoms with Crippen molar-refractivity contribution in [2.45, 2.75) is 42.8 Å². The smallest absolute Gasteiger partial charge is 0.164 e. The number of benzene rings is 2. The molecule has 0 saturated heterocycles. The summed E-state index contributed by atoms with van der Waals surface area (Å²) in [6.45, 7) is 4.64. The van der Waals surface area contributed by atoms with Gasteiger partial charge in [-0.15, -0.1) is 11.8 Å². The zero-order chi connectivity index (χ0) is 20.6. The maximum absolute atomic E-state index is 13.5. The van der Waals surface area contributed by atoms with Gasteiger partial charge in [-0.3, -0.25) is 0 Å². The van der Waals surface area contributed by atoms with Crippen LogP contribution in [0.25, 0.3) is 0 Å². The summed E-state index contributed by atoms with van der Waals surface area (Å²) in [5.41, 5.74) is 1.72. The van der Waals surface area contributed by atoms with Gasteiger partial charge >= 0.3 is 0 Å². The summed E-state index contributed by atoms with van der Waals surface area (Å²) < 4.78 is 26.0. The Morgan fingerprint density at radius 1 is 0.929 bits per heavy atom. The molecule has 0 radical (unpaired) electrons. The molecule has 3 nitrogen and oxygen atoms in total. The molecule has 5 heteroatoms. The average Bonchev–Trinajstić information content (AvgIpc) is 2.70. The number of sulfone groups is 1. The van der Waals surface area contributed by atoms with Gasteiger partial charge in [-0.1, -0.05) is 62.7 Å². The largest absolute Gasteiger partial charge is 0.309 e. The van der Waals surface area contributed by atoms with Crippen LogP contribution in [0.4, 0.5) is 0 Å². The summed E-state index contributed by atoms with van der Waals surface area (Å²) in [6.07, 6.45) is 2.90. The van der Waals surface area contributed by atoms with E-state index in [1.54, 1.807) is 6.92 Å². The van der Waals surface area contributed by atoms with Gasteiger partial charge in [0.25, 0.3) is 0 Å². The lowest BCUT2D eigenvalue weighted by atomic mass is 9.87. The Balaban J connectivity index is 2.56. The highest BCUT2D eigenvalue weighted by atomic mass is 32.2. The van der Waals surface area contributed by atoms with Crippen LogP contribution in [0.2, 0.25) is 0 Å². The molecule has 0 bridgehead atoms. The molecule has 0 aliphatic rings. The fourth-order valence-electron chi connectivity index (χ4n) is 3.46. The molecule has 2 rings (SSSR count). The lowest BCUT2D eigenvalue weighted by Gasteiger charge is -2.35. The maximum atomic E-state index is 13.5. The molecule has 0 spiro atoms. The van der Waals surface area contributed by atoms with E-state index in [9.17, 15) is 8.42 Å². The molecule has 2 aromatic rings. The minimum absolute atomic E-state index is 0.113. The first kappa shape index (κ1) is 23.0. The predicted octanol–water partition coefficient (Wildman–Crippen LogP) is 5.21. The van der Waals surface area contributed by atoms with Crippen molar-refractivity contribution in [3.8, 4) is 0 Å². The molecule has 0 N–H and O–H groups in total. The van der Waals surface area contributed by atoms with Crippen LogP contribution >= 0.6 is 11.8 Å². The summed E-state index contributed by atoms with van der Waals surface area (Å²) in [7, 11) is 0.585. The molecule has 0 fully saturated rings. The maximum Gasteiger partial charge on any atom is 0.164 e. The second-order valence-electron chi connectivity index (χ2n) is 7.38. The number of rotatable bonds is 11. The lowest BCUT2D eigenvalue weighted by molar-refractivity contribution is 0.376. The molecule has 0 aliphatic heterocycles. The Kier molecular flexibility index (Phi) is 8.59. The number of thioether (sulfide) groups is 1. The third kappa shape index (κ3) is 5.19. The predicted molar refractivity (Wildman–Crippen MR) is 122 cm³/mol. The Hall–Kier alpha value is -1.30. The first-order valence-electron chi connectivity index (χ1n) is 10.0. The van der Waals surface area contributed by atoms with E-state index < -0.39 is 14.6 Å². The Morgan fingerprint density at radius 2 is 1.54 bits per heavy atom. The van der Waals surface area contributed by atoms with Crippen molar-refractivity contribution < 1.29 is 8.42 Å². The van der Waals surface area contributed by atoms with Gasteiger partial charge in [-0.05, 0) is 62.5 Å². The topological polar surface area (TPSA) is 37.4 Å². The summed E-state index contributed by atoms with van der Waals surface area (Å²) in [6, 6.07) is 17.9. The Bertz CT molecular complexity index is 817. The van der Waals surface area contributed by atoms with E-state index >= 15 is 0 Å². The fourth-order valence-corrected chi connectivity index (χ4v) is 6.34. The number of hydrogen-bond acceptors (Lipinski definition) is 4. The lowest BCUT2D eigenvalue weighted by Crippen LogP contribution is -2.41. The molecule has 1 unspecified atom stereocenters. The van der Waals surface area contributed by atoms with Crippen LogP contribution in [0, 0.1) is 0 Å². The molecule has 154 valence electrons. The van der Waals surface area contributed by atoms with Crippen molar-refractivity contribution in [1.82, 2.24) is 4.90 Å². The van der Waals surface area contributed by atoms with Crippen molar-refractivity contribution in [1.29, 1.82) is 0 Å². The van der Waals surface area contributed by atoms with Crippen LogP contribution in [-0.2, 0) is 14.6 Å². The summed E-state index contributed by atoms with van der Waals surface area (Å²) >= 11 is 1.83. The van der Waals surface area contributed by atoms with Crippen molar-refractivity contribution in [2.24, 2.45) is 0 Å². The van der Waals surface area contributed by atoms with Gasteiger partial charge in [-0.2, -0.15) is 0 Å². The standard InChI is InChI=1S/C23H33NO2S2/c1-5-7-19-27-22-15-13-21(14-16-22)23(17-18-24(3)4,28(25,26)6-2)20-11-9-8-10-12-20/h8-16H,5-7,17-19H2,1-4H3. The molecular formula is C23H33NO2S2. The number of nitrogens with zero attached hydrogens (tertiary/aromatic N) is 1. The first-order valence-corrected chi connectivity index (χ1v) is 12.7. The van der Waals surface area contributed by atoms with E-state index in [-0.39, 0.29) is 5.75 Å². The monoisotopic (exact) mass is 419 g/mol. The third-order valence-corrected chi connectivity index (χ3v) is 8.75. The van der Waals surface area contributed by atoms with Crippen LogP contribution in [0.5, 0.6) is 0 Å². The highest BCUT2D eigenvalue weighted by Gasteiger charge is 2.45. The summed E-state index contributed by atoms with van der Waals surface area (Å²) in [5.74, 6) is 1.20. The van der Waals surface area contributed by atoms with Gasteiger partial charge < -0.3 is 4.90 Å². The molecular weight excluding hydrogens is 386 g/mol. The van der Waals surface area contributed by atoms with Gasteiger partial charge in [0.15, 0.2) is 9.84 Å². The summed E-state index contributed by atoms with van der Waals surface area (Å²) in [5, 5.41) is 0. The first-order chi connectivity index (χ1) is 13.4. The molecule has 0 heterocycles. The SMILES string of the molecule is CCCCSc1ccc(C(CCN(C)C)(c2ccccc2)S(=O)(=O)CC)cc1. The molecule has 0 amide bonds. The highest BCUT2D eigenvalue weighted by Crippen LogP contribution is 2.42. The summed E-state index contributed by atoms with van der Waals surface area (Å²) in [4.78, 5) is 3.25. The Morgan fingerprint density at radius 3 is 2.07 bits per heavy atom. The molecule has 0 aromatic heterocycles. The molecule has 28 heavy (non-hydrogen) atoms. The molecule has 0 saturated carbocycles. The Labute approximate surface area is 175 Å². The minimum Gasteiger partial charge on any atom is -0.309 e. The van der Waals surface area contributed by atoms with Crippen LogP contribution < -0.4 is 0 Å². The van der Waals surface area contributed by atoms with Crippen molar-refractivity contribution in [3.63, 3.8) is 0 Å². The van der Waals surface area contributed by atoms with Crippen LogP contribution in [0.1, 0.15) is 44.2 Å². The van der Waals surface area contributed by atoms with Crippen molar-refractivity contribution >= 4 is 21.6 Å². The van der Waals surface area contributed by atoms with Gasteiger partial charge in [0.1, 0.15) is 4.75 Å². The zero-order valence-electron chi connectivity index (χ0n) is 17.5. The zero-order valence-corrected chi connectivity index (χ0v) is 19.2. The normalized spacial score (nSPS) is 14.2. The van der Waals surface area contributed by atoms with E-state index in [2.05, 4.69) is 24.0 Å². The van der Waals surface area contributed by atoms with E-state index in [1.807, 2.05) is 68.3 Å². The van der Waals surface area contributed by atoms with Crippen LogP contribution in [-0.4, -0.2) is 45.5 Å². The minimum atomic E-state index is -3.39. The second kappa shape index (κ2) is 10.5. The molecule has 2 aromatic carbocycles. The van der Waals surface area contributed by atoms with Gasteiger partial charge in [0.05, 0.1) is 0 Å². The number of hydrogen-bond donors (Lipinski definition) is 0. The van der Waals surface area contributed by atoms with E-state index in [4.69, 9.17) is 0 Å². The van der Waals surface area contributed by atoms with Gasteiger partial charge in [0.2, 0.25) is 0 Å². The van der Waals surface area contributed by atoms with E-state index in [0.717, 1.165) is 16.9 Å². The van der Waals surface area contributed by atoms with Crippen molar-refractivity contribution in [2.75, 3.05) is 32.1 Å². The fraction of sp³-hybridized carbons (Fsp3) is 0.478. The second-order valence-corrected chi connectivity index (χ2v) is 11.0. The van der Waals surface area contributed by atoms with Crippen LogP contribution in [0.15, 0.2) is 59.5 Å². The van der Waals surface area contributed by atoms with Crippen molar-refractivity contribution in [3.05, 3.63) is 65.7 Å². The van der Waals surface area contributed by atoms with Crippen LogP contribution in [0.3, 0.4) is 0 Å². The van der Waals surface area contributed by atoms with Gasteiger partial charge in [0, 0.05) is 10.6 Å².